The number of benzene rings is 1. The molecule has 0 spiro atoms. The van der Waals surface area contributed by atoms with E-state index in [2.05, 4.69) is 27.6 Å². The SMILES string of the molecule is COc1ccc(C(NCc2nnc(C)n2C)C2CCOCC2)cc1. The van der Waals surface area contributed by atoms with E-state index >= 15 is 0 Å². The lowest BCUT2D eigenvalue weighted by Gasteiger charge is -2.31. The average Bonchev–Trinajstić information content (AvgIpc) is 2.95. The Labute approximate surface area is 143 Å². The maximum Gasteiger partial charge on any atom is 0.146 e. The predicted octanol–water partition coefficient (Wildman–Crippen LogP) is 2.39. The number of nitrogens with zero attached hydrogens (tertiary/aromatic N) is 3. The van der Waals surface area contributed by atoms with Gasteiger partial charge >= 0.3 is 0 Å². The average molecular weight is 330 g/mol. The van der Waals surface area contributed by atoms with Crippen LogP contribution < -0.4 is 10.1 Å². The van der Waals surface area contributed by atoms with E-state index in [0.717, 1.165) is 43.5 Å². The van der Waals surface area contributed by atoms with Crippen LogP contribution in [0.4, 0.5) is 0 Å². The summed E-state index contributed by atoms with van der Waals surface area (Å²) >= 11 is 0. The minimum atomic E-state index is 0.275. The van der Waals surface area contributed by atoms with Crippen molar-refractivity contribution in [3.63, 3.8) is 0 Å². The molecule has 1 aliphatic heterocycles. The highest BCUT2D eigenvalue weighted by Crippen LogP contribution is 2.31. The first-order chi connectivity index (χ1) is 11.7. The molecule has 0 saturated carbocycles. The third-order valence-electron chi connectivity index (χ3n) is 4.88. The standard InChI is InChI=1S/C18H26N4O2/c1-13-20-21-17(22(13)2)12-19-18(15-8-10-24-11-9-15)14-4-6-16(23-3)7-5-14/h4-7,15,18-19H,8-12H2,1-3H3. The Morgan fingerprint density at radius 3 is 2.54 bits per heavy atom. The monoisotopic (exact) mass is 330 g/mol. The van der Waals surface area contributed by atoms with Gasteiger partial charge in [-0.05, 0) is 43.4 Å². The van der Waals surface area contributed by atoms with Crippen LogP contribution in [0.3, 0.4) is 0 Å². The summed E-state index contributed by atoms with van der Waals surface area (Å²) in [6, 6.07) is 8.62. The lowest BCUT2D eigenvalue weighted by Crippen LogP contribution is -2.32. The van der Waals surface area contributed by atoms with E-state index < -0.39 is 0 Å². The highest BCUT2D eigenvalue weighted by molar-refractivity contribution is 5.29. The zero-order valence-corrected chi connectivity index (χ0v) is 14.7. The molecule has 2 aromatic rings. The molecule has 130 valence electrons. The molecule has 0 bridgehead atoms. The van der Waals surface area contributed by atoms with Gasteiger partial charge in [0, 0.05) is 26.3 Å². The second-order valence-electron chi connectivity index (χ2n) is 6.30. The molecule has 24 heavy (non-hydrogen) atoms. The van der Waals surface area contributed by atoms with Gasteiger partial charge in [0.05, 0.1) is 13.7 Å². The van der Waals surface area contributed by atoms with Crippen LogP contribution in [0.5, 0.6) is 5.75 Å². The first kappa shape index (κ1) is 16.9. The fraction of sp³-hybridized carbons (Fsp3) is 0.556. The minimum absolute atomic E-state index is 0.275. The molecule has 0 amide bonds. The fourth-order valence-corrected chi connectivity index (χ4v) is 3.22. The van der Waals surface area contributed by atoms with Crippen molar-refractivity contribution >= 4 is 0 Å². The molecule has 1 aromatic carbocycles. The van der Waals surface area contributed by atoms with Crippen molar-refractivity contribution in [2.45, 2.75) is 32.4 Å². The fourth-order valence-electron chi connectivity index (χ4n) is 3.22. The lowest BCUT2D eigenvalue weighted by molar-refractivity contribution is 0.0532. The molecule has 2 heterocycles. The number of rotatable bonds is 6. The number of aryl methyl sites for hydroxylation is 1. The van der Waals surface area contributed by atoms with Gasteiger partial charge in [-0.25, -0.2) is 0 Å². The van der Waals surface area contributed by atoms with Crippen LogP contribution in [0, 0.1) is 12.8 Å². The van der Waals surface area contributed by atoms with Crippen LogP contribution in [0.25, 0.3) is 0 Å². The van der Waals surface area contributed by atoms with Gasteiger partial charge in [0.25, 0.3) is 0 Å². The van der Waals surface area contributed by atoms with E-state index in [1.807, 2.05) is 30.7 Å². The summed E-state index contributed by atoms with van der Waals surface area (Å²) in [5, 5.41) is 12.1. The van der Waals surface area contributed by atoms with E-state index in [9.17, 15) is 0 Å². The van der Waals surface area contributed by atoms with Crippen LogP contribution in [0.2, 0.25) is 0 Å². The number of methoxy groups -OCH3 is 1. The zero-order chi connectivity index (χ0) is 16.9. The zero-order valence-electron chi connectivity index (χ0n) is 14.7. The summed E-state index contributed by atoms with van der Waals surface area (Å²) in [6.07, 6.45) is 2.14. The van der Waals surface area contributed by atoms with E-state index in [4.69, 9.17) is 9.47 Å². The smallest absolute Gasteiger partial charge is 0.146 e. The molecule has 1 N–H and O–H groups in total. The van der Waals surface area contributed by atoms with Gasteiger partial charge in [0.1, 0.15) is 17.4 Å². The van der Waals surface area contributed by atoms with Gasteiger partial charge < -0.3 is 19.4 Å². The van der Waals surface area contributed by atoms with Crippen LogP contribution in [0.1, 0.15) is 36.1 Å². The third-order valence-corrected chi connectivity index (χ3v) is 4.88. The molecule has 1 atom stereocenters. The quantitative estimate of drug-likeness (QED) is 0.881. The molecule has 6 nitrogen and oxygen atoms in total. The molecule has 1 aromatic heterocycles. The van der Waals surface area contributed by atoms with E-state index in [-0.39, 0.29) is 6.04 Å². The topological polar surface area (TPSA) is 61.2 Å². The summed E-state index contributed by atoms with van der Waals surface area (Å²) in [5.74, 6) is 3.33. The van der Waals surface area contributed by atoms with Crippen LogP contribution in [0.15, 0.2) is 24.3 Å². The molecular weight excluding hydrogens is 304 g/mol. The van der Waals surface area contributed by atoms with Gasteiger partial charge in [-0.3, -0.25) is 0 Å². The molecule has 1 unspecified atom stereocenters. The third kappa shape index (κ3) is 3.76. The normalized spacial score (nSPS) is 17.0. The van der Waals surface area contributed by atoms with Crippen molar-refractivity contribution in [3.8, 4) is 5.75 Å². The Morgan fingerprint density at radius 2 is 1.96 bits per heavy atom. The van der Waals surface area contributed by atoms with Gasteiger partial charge in [-0.15, -0.1) is 10.2 Å². The molecule has 1 fully saturated rings. The maximum atomic E-state index is 5.53. The Balaban J connectivity index is 1.76. The second kappa shape index (κ2) is 7.77. The van der Waals surface area contributed by atoms with Gasteiger partial charge in [-0.1, -0.05) is 12.1 Å². The minimum Gasteiger partial charge on any atom is -0.497 e. The van der Waals surface area contributed by atoms with Crippen LogP contribution in [-0.2, 0) is 18.3 Å². The number of aromatic nitrogens is 3. The number of hydrogen-bond donors (Lipinski definition) is 1. The predicted molar refractivity (Wildman–Crippen MR) is 91.9 cm³/mol. The highest BCUT2D eigenvalue weighted by Gasteiger charge is 2.25. The number of nitrogens with one attached hydrogen (secondary N) is 1. The summed E-state index contributed by atoms with van der Waals surface area (Å²) in [5.41, 5.74) is 1.28. The summed E-state index contributed by atoms with van der Waals surface area (Å²) in [6.45, 7) is 4.34. The van der Waals surface area contributed by atoms with E-state index in [1.165, 1.54) is 5.56 Å². The molecule has 3 rings (SSSR count). The second-order valence-corrected chi connectivity index (χ2v) is 6.30. The maximum absolute atomic E-state index is 5.53. The highest BCUT2D eigenvalue weighted by atomic mass is 16.5. The van der Waals surface area contributed by atoms with Crippen LogP contribution in [-0.4, -0.2) is 35.1 Å². The van der Waals surface area contributed by atoms with Gasteiger partial charge in [0.15, 0.2) is 0 Å². The summed E-state index contributed by atoms with van der Waals surface area (Å²) in [7, 11) is 3.70. The van der Waals surface area contributed by atoms with E-state index in [1.54, 1.807) is 7.11 Å². The Morgan fingerprint density at radius 1 is 1.25 bits per heavy atom. The van der Waals surface area contributed by atoms with Crippen molar-refractivity contribution in [3.05, 3.63) is 41.5 Å². The lowest BCUT2D eigenvalue weighted by atomic mass is 9.87. The van der Waals surface area contributed by atoms with Crippen molar-refractivity contribution in [2.24, 2.45) is 13.0 Å². The van der Waals surface area contributed by atoms with Gasteiger partial charge in [0.2, 0.25) is 0 Å². The molecule has 0 radical (unpaired) electrons. The Bertz CT molecular complexity index is 648. The first-order valence-corrected chi connectivity index (χ1v) is 8.49. The molecule has 0 aliphatic carbocycles. The van der Waals surface area contributed by atoms with Gasteiger partial charge in [-0.2, -0.15) is 0 Å². The van der Waals surface area contributed by atoms with E-state index in [0.29, 0.717) is 12.5 Å². The molecular formula is C18H26N4O2. The number of ether oxygens (including phenoxy) is 2. The molecule has 1 aliphatic rings. The summed E-state index contributed by atoms with van der Waals surface area (Å²) in [4.78, 5) is 0. The largest absolute Gasteiger partial charge is 0.497 e. The number of hydrogen-bond acceptors (Lipinski definition) is 5. The Hall–Kier alpha value is -1.92. The molecule has 1 saturated heterocycles. The van der Waals surface area contributed by atoms with Crippen LogP contribution >= 0.6 is 0 Å². The van der Waals surface area contributed by atoms with Crippen molar-refractivity contribution in [1.82, 2.24) is 20.1 Å². The van der Waals surface area contributed by atoms with Crippen molar-refractivity contribution in [2.75, 3.05) is 20.3 Å². The first-order valence-electron chi connectivity index (χ1n) is 8.49. The Kier molecular flexibility index (Phi) is 5.48. The molecule has 6 heteroatoms. The van der Waals surface area contributed by atoms with Crippen molar-refractivity contribution < 1.29 is 9.47 Å². The summed E-state index contributed by atoms with van der Waals surface area (Å²) < 4.78 is 12.8. The van der Waals surface area contributed by atoms with Crippen molar-refractivity contribution in [1.29, 1.82) is 0 Å².